The van der Waals surface area contributed by atoms with Gasteiger partial charge < -0.3 is 10.5 Å². The van der Waals surface area contributed by atoms with Gasteiger partial charge in [0.1, 0.15) is 11.6 Å². The van der Waals surface area contributed by atoms with E-state index in [9.17, 15) is 5.26 Å². The number of hydrogen-bond donors (Lipinski definition) is 1. The molecule has 0 aliphatic carbocycles. The first-order valence-electron chi connectivity index (χ1n) is 6.93. The average molecular weight is 304 g/mol. The number of allylic oxidation sites excluding steroid dienone is 1. The van der Waals surface area contributed by atoms with Gasteiger partial charge in [-0.25, -0.2) is 0 Å². The van der Waals surface area contributed by atoms with E-state index in [1.54, 1.807) is 11.3 Å². The second-order valence-corrected chi connectivity index (χ2v) is 6.21. The minimum Gasteiger partial charge on any atom is -0.439 e. The van der Waals surface area contributed by atoms with E-state index in [0.717, 1.165) is 26.3 Å². The molecule has 0 spiro atoms. The van der Waals surface area contributed by atoms with Crippen molar-refractivity contribution in [1.29, 1.82) is 5.26 Å². The van der Waals surface area contributed by atoms with Crippen molar-refractivity contribution < 1.29 is 4.74 Å². The van der Waals surface area contributed by atoms with Gasteiger partial charge in [0.25, 0.3) is 0 Å². The Morgan fingerprint density at radius 3 is 2.55 bits per heavy atom. The summed E-state index contributed by atoms with van der Waals surface area (Å²) in [5, 5.41) is 10.6. The van der Waals surface area contributed by atoms with Crippen LogP contribution in [0.15, 0.2) is 66.1 Å². The Morgan fingerprint density at radius 1 is 1.05 bits per heavy atom. The van der Waals surface area contributed by atoms with E-state index in [1.807, 2.05) is 48.5 Å². The van der Waals surface area contributed by atoms with E-state index < -0.39 is 0 Å². The van der Waals surface area contributed by atoms with Crippen LogP contribution in [0.3, 0.4) is 0 Å². The van der Waals surface area contributed by atoms with E-state index in [-0.39, 0.29) is 11.8 Å². The molecule has 0 amide bonds. The molecule has 0 radical (unpaired) electrons. The summed E-state index contributed by atoms with van der Waals surface area (Å²) in [5.41, 5.74) is 7.55. The Labute approximate surface area is 131 Å². The van der Waals surface area contributed by atoms with Gasteiger partial charge in [0.2, 0.25) is 5.88 Å². The van der Waals surface area contributed by atoms with Crippen molar-refractivity contribution in [2.24, 2.45) is 5.73 Å². The maximum Gasteiger partial charge on any atom is 0.205 e. The van der Waals surface area contributed by atoms with Crippen molar-refractivity contribution in [3.8, 4) is 11.8 Å². The zero-order valence-electron chi connectivity index (χ0n) is 11.6. The Balaban J connectivity index is 2.02. The molecule has 1 atom stereocenters. The fourth-order valence-corrected chi connectivity index (χ4v) is 4.13. The van der Waals surface area contributed by atoms with Gasteiger partial charge in [0, 0.05) is 10.1 Å². The molecule has 1 unspecified atom stereocenters. The molecule has 4 heteroatoms. The lowest BCUT2D eigenvalue weighted by molar-refractivity contribution is 0.401. The topological polar surface area (TPSA) is 59.0 Å². The number of benzene rings is 2. The third-order valence-corrected chi connectivity index (χ3v) is 5.07. The number of nitriles is 1. The number of fused-ring (bicyclic) bond motifs is 3. The summed E-state index contributed by atoms with van der Waals surface area (Å²) in [6.45, 7) is 0. The monoisotopic (exact) mass is 304 g/mol. The van der Waals surface area contributed by atoms with Crippen LogP contribution in [0, 0.1) is 11.3 Å². The minimum atomic E-state index is -0.160. The summed E-state index contributed by atoms with van der Waals surface area (Å²) in [5.74, 6) is 0.825. The molecule has 22 heavy (non-hydrogen) atoms. The van der Waals surface area contributed by atoms with Crippen LogP contribution in [0.1, 0.15) is 16.4 Å². The van der Waals surface area contributed by atoms with Crippen molar-refractivity contribution in [2.45, 2.75) is 5.92 Å². The molecule has 0 saturated heterocycles. The van der Waals surface area contributed by atoms with Crippen LogP contribution >= 0.6 is 11.3 Å². The molecule has 3 aromatic rings. The fourth-order valence-electron chi connectivity index (χ4n) is 2.86. The summed E-state index contributed by atoms with van der Waals surface area (Å²) >= 11 is 1.66. The number of rotatable bonds is 1. The third-order valence-electron chi connectivity index (χ3n) is 3.86. The molecular formula is C18H12N2OS. The summed E-state index contributed by atoms with van der Waals surface area (Å²) in [4.78, 5) is 1.04. The molecular weight excluding hydrogens is 292 g/mol. The van der Waals surface area contributed by atoms with Crippen molar-refractivity contribution in [1.82, 2.24) is 0 Å². The van der Waals surface area contributed by atoms with Gasteiger partial charge in [0.05, 0.1) is 10.8 Å². The third kappa shape index (κ3) is 1.80. The number of nitrogens with zero attached hydrogens (tertiary/aromatic N) is 1. The molecule has 106 valence electrons. The van der Waals surface area contributed by atoms with Gasteiger partial charge in [0.15, 0.2) is 5.75 Å². The highest BCUT2D eigenvalue weighted by atomic mass is 32.1. The van der Waals surface area contributed by atoms with Gasteiger partial charge >= 0.3 is 0 Å². The first-order valence-corrected chi connectivity index (χ1v) is 7.75. The minimum absolute atomic E-state index is 0.160. The number of nitrogens with two attached hydrogens (primary N) is 1. The SMILES string of the molecule is N#CC1=C(N)Oc2c(sc3ccccc23)C1c1ccccc1. The predicted octanol–water partition coefficient (Wildman–Crippen LogP) is 4.12. The lowest BCUT2D eigenvalue weighted by atomic mass is 9.88. The Hall–Kier alpha value is -2.77. The van der Waals surface area contributed by atoms with Crippen molar-refractivity contribution in [2.75, 3.05) is 0 Å². The zero-order chi connectivity index (χ0) is 15.1. The molecule has 0 fully saturated rings. The van der Waals surface area contributed by atoms with Gasteiger partial charge in [-0.1, -0.05) is 42.5 Å². The molecule has 0 bridgehead atoms. The summed E-state index contributed by atoms with van der Waals surface area (Å²) in [7, 11) is 0. The predicted molar refractivity (Wildman–Crippen MR) is 87.6 cm³/mol. The smallest absolute Gasteiger partial charge is 0.205 e. The maximum atomic E-state index is 9.53. The maximum absolute atomic E-state index is 9.53. The molecule has 2 heterocycles. The highest BCUT2D eigenvalue weighted by Gasteiger charge is 2.33. The number of hydrogen-bond acceptors (Lipinski definition) is 4. The van der Waals surface area contributed by atoms with Crippen LogP contribution in [0.4, 0.5) is 0 Å². The van der Waals surface area contributed by atoms with Crippen molar-refractivity contribution in [3.05, 3.63) is 76.5 Å². The standard InChI is InChI=1S/C18H12N2OS/c19-10-13-15(11-6-2-1-3-7-11)17-16(21-18(13)20)12-8-4-5-9-14(12)22-17/h1-9,15H,20H2. The van der Waals surface area contributed by atoms with E-state index >= 15 is 0 Å². The largest absolute Gasteiger partial charge is 0.439 e. The van der Waals surface area contributed by atoms with E-state index in [2.05, 4.69) is 12.1 Å². The second kappa shape index (κ2) is 4.90. The van der Waals surface area contributed by atoms with Crippen molar-refractivity contribution >= 4 is 21.4 Å². The zero-order valence-corrected chi connectivity index (χ0v) is 12.4. The number of thiophene rings is 1. The molecule has 1 aliphatic rings. The molecule has 2 N–H and O–H groups in total. The van der Waals surface area contributed by atoms with Crippen LogP contribution in [-0.4, -0.2) is 0 Å². The second-order valence-electron chi connectivity index (χ2n) is 5.13. The van der Waals surface area contributed by atoms with Gasteiger partial charge in [-0.3, -0.25) is 0 Å². The molecule has 0 saturated carbocycles. The lowest BCUT2D eigenvalue weighted by Gasteiger charge is -2.23. The Kier molecular flexibility index (Phi) is 2.88. The molecule has 4 rings (SSSR count). The van der Waals surface area contributed by atoms with Crippen LogP contribution in [0.25, 0.3) is 10.1 Å². The summed E-state index contributed by atoms with van der Waals surface area (Å²) < 4.78 is 6.92. The normalized spacial score (nSPS) is 17.0. The number of ether oxygens (including phenoxy) is 1. The van der Waals surface area contributed by atoms with E-state index in [4.69, 9.17) is 10.5 Å². The van der Waals surface area contributed by atoms with E-state index in [0.29, 0.717) is 5.57 Å². The average Bonchev–Trinajstić information content (AvgIpc) is 2.92. The molecule has 2 aromatic carbocycles. The van der Waals surface area contributed by atoms with Gasteiger partial charge in [-0.15, -0.1) is 11.3 Å². The van der Waals surface area contributed by atoms with Crippen LogP contribution in [0.2, 0.25) is 0 Å². The lowest BCUT2D eigenvalue weighted by Crippen LogP contribution is -2.19. The Bertz CT molecular complexity index is 935. The van der Waals surface area contributed by atoms with Crippen LogP contribution in [0.5, 0.6) is 5.75 Å². The van der Waals surface area contributed by atoms with Crippen LogP contribution < -0.4 is 10.5 Å². The summed E-state index contributed by atoms with van der Waals surface area (Å²) in [6.07, 6.45) is 0. The highest BCUT2D eigenvalue weighted by Crippen LogP contribution is 2.50. The Morgan fingerprint density at radius 2 is 1.77 bits per heavy atom. The quantitative estimate of drug-likeness (QED) is 0.735. The molecule has 1 aliphatic heterocycles. The van der Waals surface area contributed by atoms with E-state index in [1.165, 1.54) is 0 Å². The van der Waals surface area contributed by atoms with Gasteiger partial charge in [-0.2, -0.15) is 5.26 Å². The fraction of sp³-hybridized carbons (Fsp3) is 0.0556. The highest BCUT2D eigenvalue weighted by molar-refractivity contribution is 7.19. The summed E-state index contributed by atoms with van der Waals surface area (Å²) in [6, 6.07) is 20.3. The molecule has 3 nitrogen and oxygen atoms in total. The molecule has 1 aromatic heterocycles. The first-order chi connectivity index (χ1) is 10.8. The van der Waals surface area contributed by atoms with Crippen molar-refractivity contribution in [3.63, 3.8) is 0 Å². The van der Waals surface area contributed by atoms with Crippen LogP contribution in [-0.2, 0) is 0 Å². The first kappa shape index (κ1) is 12.9. The van der Waals surface area contributed by atoms with Gasteiger partial charge in [-0.05, 0) is 17.7 Å².